The van der Waals surface area contributed by atoms with Crippen molar-refractivity contribution in [3.05, 3.63) is 35.5 Å². The smallest absolute Gasteiger partial charge is 0.132 e. The van der Waals surface area contributed by atoms with Crippen molar-refractivity contribution in [2.24, 2.45) is 5.92 Å². The predicted octanol–water partition coefficient (Wildman–Crippen LogP) is 1.77. The molecule has 0 atom stereocenters. The highest BCUT2D eigenvalue weighted by Gasteiger charge is 2.28. The van der Waals surface area contributed by atoms with Crippen molar-refractivity contribution in [3.63, 3.8) is 0 Å². The van der Waals surface area contributed by atoms with Crippen LogP contribution in [0.15, 0.2) is 24.8 Å². The van der Waals surface area contributed by atoms with Crippen LogP contribution in [0.5, 0.6) is 0 Å². The van der Waals surface area contributed by atoms with Gasteiger partial charge in [-0.25, -0.2) is 9.97 Å². The summed E-state index contributed by atoms with van der Waals surface area (Å²) in [6, 6.07) is 2.01. The lowest BCUT2D eigenvalue weighted by molar-refractivity contribution is 0.340. The van der Waals surface area contributed by atoms with E-state index in [4.69, 9.17) is 11.6 Å². The molecule has 1 aliphatic heterocycles. The van der Waals surface area contributed by atoms with Crippen molar-refractivity contribution >= 4 is 17.4 Å². The van der Waals surface area contributed by atoms with Crippen LogP contribution >= 0.6 is 11.6 Å². The van der Waals surface area contributed by atoms with Crippen molar-refractivity contribution in [2.45, 2.75) is 13.5 Å². The fourth-order valence-electron chi connectivity index (χ4n) is 2.19. The fourth-order valence-corrected chi connectivity index (χ4v) is 2.34. The summed E-state index contributed by atoms with van der Waals surface area (Å²) in [6.45, 7) is 4.91. The van der Waals surface area contributed by atoms with E-state index in [-0.39, 0.29) is 0 Å². The number of halogens is 1. The number of anilines is 1. The summed E-state index contributed by atoms with van der Waals surface area (Å²) >= 11 is 5.84. The van der Waals surface area contributed by atoms with Gasteiger partial charge in [-0.05, 0) is 6.92 Å². The molecule has 2 aromatic heterocycles. The Morgan fingerprint density at radius 2 is 2.22 bits per heavy atom. The van der Waals surface area contributed by atoms with Crippen LogP contribution in [0.1, 0.15) is 5.69 Å². The molecule has 0 bridgehead atoms. The maximum Gasteiger partial charge on any atom is 0.132 e. The molecule has 18 heavy (non-hydrogen) atoms. The standard InChI is InChI=1S/C12H14ClN5/c1-9-2-12(15-8-14-9)17-4-10(5-17)6-18-7-11(13)3-16-18/h2-3,7-8,10H,4-6H2,1H3. The van der Waals surface area contributed by atoms with Crippen LogP contribution in [0, 0.1) is 12.8 Å². The third-order valence-electron chi connectivity index (χ3n) is 3.12. The van der Waals surface area contributed by atoms with E-state index >= 15 is 0 Å². The van der Waals surface area contributed by atoms with Gasteiger partial charge < -0.3 is 4.90 Å². The second-order valence-corrected chi connectivity index (χ2v) is 5.11. The van der Waals surface area contributed by atoms with Crippen molar-refractivity contribution < 1.29 is 0 Å². The van der Waals surface area contributed by atoms with Crippen molar-refractivity contribution in [1.82, 2.24) is 19.7 Å². The fraction of sp³-hybridized carbons (Fsp3) is 0.417. The van der Waals surface area contributed by atoms with Gasteiger partial charge in [0.05, 0.1) is 11.2 Å². The van der Waals surface area contributed by atoms with E-state index in [0.717, 1.165) is 31.1 Å². The van der Waals surface area contributed by atoms with Crippen LogP contribution in [0.25, 0.3) is 0 Å². The summed E-state index contributed by atoms with van der Waals surface area (Å²) in [5.41, 5.74) is 1.00. The minimum atomic E-state index is 0.608. The molecule has 6 heteroatoms. The van der Waals surface area contributed by atoms with Crippen LogP contribution in [-0.2, 0) is 6.54 Å². The monoisotopic (exact) mass is 263 g/mol. The Morgan fingerprint density at radius 3 is 2.89 bits per heavy atom. The Hall–Kier alpha value is -1.62. The van der Waals surface area contributed by atoms with Crippen LogP contribution in [0.4, 0.5) is 5.82 Å². The maximum atomic E-state index is 5.84. The number of hydrogen-bond donors (Lipinski definition) is 0. The molecule has 0 radical (unpaired) electrons. The third-order valence-corrected chi connectivity index (χ3v) is 3.31. The quantitative estimate of drug-likeness (QED) is 0.847. The molecule has 0 amide bonds. The molecule has 0 aliphatic carbocycles. The molecule has 0 unspecified atom stereocenters. The first-order valence-electron chi connectivity index (χ1n) is 5.92. The summed E-state index contributed by atoms with van der Waals surface area (Å²) < 4.78 is 1.90. The lowest BCUT2D eigenvalue weighted by Gasteiger charge is -2.40. The zero-order chi connectivity index (χ0) is 12.5. The molecule has 2 aromatic rings. The Morgan fingerprint density at radius 1 is 1.39 bits per heavy atom. The van der Waals surface area contributed by atoms with Crippen LogP contribution in [0.3, 0.4) is 0 Å². The van der Waals surface area contributed by atoms with Crippen molar-refractivity contribution in [2.75, 3.05) is 18.0 Å². The van der Waals surface area contributed by atoms with Gasteiger partial charge in [-0.3, -0.25) is 4.68 Å². The molecule has 1 fully saturated rings. The molecule has 3 heterocycles. The van der Waals surface area contributed by atoms with Gasteiger partial charge >= 0.3 is 0 Å². The SMILES string of the molecule is Cc1cc(N2CC(Cn3cc(Cl)cn3)C2)ncn1. The van der Waals surface area contributed by atoms with E-state index < -0.39 is 0 Å². The second-order valence-electron chi connectivity index (χ2n) is 4.67. The lowest BCUT2D eigenvalue weighted by atomic mass is 10.0. The van der Waals surface area contributed by atoms with Gasteiger partial charge in [-0.2, -0.15) is 5.10 Å². The van der Waals surface area contributed by atoms with Gasteiger partial charge in [0.15, 0.2) is 0 Å². The van der Waals surface area contributed by atoms with Crippen LogP contribution in [-0.4, -0.2) is 32.8 Å². The Balaban J connectivity index is 1.57. The van der Waals surface area contributed by atoms with Crippen LogP contribution in [0.2, 0.25) is 5.02 Å². The van der Waals surface area contributed by atoms with Gasteiger partial charge in [0, 0.05) is 43.5 Å². The average Bonchev–Trinajstić information content (AvgIpc) is 2.69. The van der Waals surface area contributed by atoms with Gasteiger partial charge in [0.25, 0.3) is 0 Å². The van der Waals surface area contributed by atoms with E-state index in [2.05, 4.69) is 20.0 Å². The number of aromatic nitrogens is 4. The van der Waals surface area contributed by atoms with E-state index in [9.17, 15) is 0 Å². The molecule has 1 aliphatic rings. The van der Waals surface area contributed by atoms with Gasteiger partial charge in [-0.15, -0.1) is 0 Å². The number of aryl methyl sites for hydroxylation is 1. The van der Waals surface area contributed by atoms with E-state index in [0.29, 0.717) is 10.9 Å². The molecule has 0 saturated carbocycles. The Labute approximate surface area is 110 Å². The van der Waals surface area contributed by atoms with Crippen molar-refractivity contribution in [1.29, 1.82) is 0 Å². The summed E-state index contributed by atoms with van der Waals surface area (Å²) in [7, 11) is 0. The molecule has 5 nitrogen and oxygen atoms in total. The van der Waals surface area contributed by atoms with E-state index in [1.54, 1.807) is 12.5 Å². The Kier molecular flexibility index (Phi) is 2.91. The first-order valence-corrected chi connectivity index (χ1v) is 6.30. The van der Waals surface area contributed by atoms with Gasteiger partial charge in [-0.1, -0.05) is 11.6 Å². The topological polar surface area (TPSA) is 46.8 Å². The van der Waals surface area contributed by atoms with Gasteiger partial charge in [0.1, 0.15) is 12.1 Å². The second kappa shape index (κ2) is 4.57. The normalized spacial score (nSPS) is 15.8. The molecule has 0 aromatic carbocycles. The number of hydrogen-bond acceptors (Lipinski definition) is 4. The number of rotatable bonds is 3. The highest BCUT2D eigenvalue weighted by atomic mass is 35.5. The zero-order valence-electron chi connectivity index (χ0n) is 10.1. The molecule has 0 spiro atoms. The number of nitrogens with zero attached hydrogens (tertiary/aromatic N) is 5. The van der Waals surface area contributed by atoms with E-state index in [1.165, 1.54) is 0 Å². The summed E-state index contributed by atoms with van der Waals surface area (Å²) in [5, 5.41) is 4.88. The minimum absolute atomic E-state index is 0.608. The Bertz CT molecular complexity index is 547. The largest absolute Gasteiger partial charge is 0.356 e. The summed E-state index contributed by atoms with van der Waals surface area (Å²) in [4.78, 5) is 10.6. The molecular weight excluding hydrogens is 250 g/mol. The highest BCUT2D eigenvalue weighted by Crippen LogP contribution is 2.23. The van der Waals surface area contributed by atoms with E-state index in [1.807, 2.05) is 23.9 Å². The minimum Gasteiger partial charge on any atom is -0.356 e. The van der Waals surface area contributed by atoms with Crippen molar-refractivity contribution in [3.8, 4) is 0 Å². The highest BCUT2D eigenvalue weighted by molar-refractivity contribution is 6.30. The lowest BCUT2D eigenvalue weighted by Crippen LogP contribution is -2.49. The molecule has 3 rings (SSSR count). The third kappa shape index (κ3) is 2.31. The van der Waals surface area contributed by atoms with Crippen LogP contribution < -0.4 is 4.90 Å². The maximum absolute atomic E-state index is 5.84. The molecule has 94 valence electrons. The summed E-state index contributed by atoms with van der Waals surface area (Å²) in [6.07, 6.45) is 5.15. The van der Waals surface area contributed by atoms with Gasteiger partial charge in [0.2, 0.25) is 0 Å². The molecule has 1 saturated heterocycles. The molecule has 0 N–H and O–H groups in total. The zero-order valence-corrected chi connectivity index (χ0v) is 10.9. The first kappa shape index (κ1) is 11.5. The predicted molar refractivity (Wildman–Crippen MR) is 69.7 cm³/mol. The average molecular weight is 264 g/mol. The summed E-state index contributed by atoms with van der Waals surface area (Å²) in [5.74, 6) is 1.62. The first-order chi connectivity index (χ1) is 8.70. The molecular formula is C12H14ClN5.